The van der Waals surface area contributed by atoms with Gasteiger partial charge in [0.1, 0.15) is 6.04 Å². The van der Waals surface area contributed by atoms with Crippen molar-refractivity contribution in [3.05, 3.63) is 34.9 Å². The molecule has 0 spiro atoms. The summed E-state index contributed by atoms with van der Waals surface area (Å²) in [5, 5.41) is 10.2. The number of nitriles is 1. The molecule has 0 N–H and O–H groups in total. The van der Waals surface area contributed by atoms with E-state index in [0.29, 0.717) is 17.1 Å². The minimum absolute atomic E-state index is 0.232. The average molecular weight is 263 g/mol. The number of hydrogen-bond donors (Lipinski definition) is 0. The van der Waals surface area contributed by atoms with Gasteiger partial charge in [-0.1, -0.05) is 36.2 Å². The Morgan fingerprint density at radius 2 is 1.89 bits per heavy atom. The molecule has 0 radical (unpaired) electrons. The Bertz CT molecular complexity index is 442. The van der Waals surface area contributed by atoms with Crippen molar-refractivity contribution in [2.45, 2.75) is 51.2 Å². The molecule has 1 fully saturated rings. The van der Waals surface area contributed by atoms with Crippen LogP contribution in [0.3, 0.4) is 0 Å². The molecule has 0 amide bonds. The molecule has 2 rings (SSSR count). The highest BCUT2D eigenvalue weighted by molar-refractivity contribution is 6.31. The van der Waals surface area contributed by atoms with Gasteiger partial charge in [-0.2, -0.15) is 5.26 Å². The van der Waals surface area contributed by atoms with E-state index in [9.17, 15) is 5.26 Å². The van der Waals surface area contributed by atoms with Crippen LogP contribution in [-0.2, 0) is 0 Å². The van der Waals surface area contributed by atoms with Crippen LogP contribution >= 0.6 is 11.6 Å². The first-order valence-electron chi connectivity index (χ1n) is 6.56. The standard InChI is InChI=1S/C15H19ClN2/c1-11-6-5-7-12(2)18(11)15(10-17)13-8-3-4-9-14(13)16/h3-4,8-9,11-12,15H,5-7H2,1-2H3. The monoisotopic (exact) mass is 262 g/mol. The molecule has 18 heavy (non-hydrogen) atoms. The van der Waals surface area contributed by atoms with Crippen LogP contribution in [0.4, 0.5) is 0 Å². The summed E-state index contributed by atoms with van der Waals surface area (Å²) < 4.78 is 0. The van der Waals surface area contributed by atoms with Crippen molar-refractivity contribution in [2.75, 3.05) is 0 Å². The molecular weight excluding hydrogens is 244 g/mol. The molecule has 1 aliphatic heterocycles. The lowest BCUT2D eigenvalue weighted by Gasteiger charge is -2.42. The summed E-state index contributed by atoms with van der Waals surface area (Å²) in [7, 11) is 0. The molecule has 1 aliphatic rings. The highest BCUT2D eigenvalue weighted by Gasteiger charge is 2.32. The Labute approximate surface area is 114 Å². The van der Waals surface area contributed by atoms with Gasteiger partial charge in [0.2, 0.25) is 0 Å². The van der Waals surface area contributed by atoms with E-state index in [1.165, 1.54) is 6.42 Å². The van der Waals surface area contributed by atoms with Gasteiger partial charge in [-0.15, -0.1) is 0 Å². The van der Waals surface area contributed by atoms with Crippen molar-refractivity contribution in [1.82, 2.24) is 4.90 Å². The smallest absolute Gasteiger partial charge is 0.125 e. The first-order chi connectivity index (χ1) is 8.65. The predicted octanol–water partition coefficient (Wildman–Crippen LogP) is 4.17. The second-order valence-corrected chi connectivity index (χ2v) is 5.54. The van der Waals surface area contributed by atoms with Gasteiger partial charge in [0, 0.05) is 22.7 Å². The lowest BCUT2D eigenvalue weighted by molar-refractivity contribution is 0.0774. The molecule has 1 aromatic carbocycles. The van der Waals surface area contributed by atoms with Gasteiger partial charge >= 0.3 is 0 Å². The average Bonchev–Trinajstić information content (AvgIpc) is 2.35. The van der Waals surface area contributed by atoms with Crippen LogP contribution in [0.5, 0.6) is 0 Å². The van der Waals surface area contributed by atoms with E-state index >= 15 is 0 Å². The summed E-state index contributed by atoms with van der Waals surface area (Å²) in [6.45, 7) is 4.41. The summed E-state index contributed by atoms with van der Waals surface area (Å²) in [5.41, 5.74) is 0.933. The zero-order chi connectivity index (χ0) is 13.1. The number of rotatable bonds is 2. The van der Waals surface area contributed by atoms with E-state index in [-0.39, 0.29) is 6.04 Å². The minimum Gasteiger partial charge on any atom is -0.279 e. The molecule has 1 saturated heterocycles. The third-order valence-corrected chi connectivity index (χ3v) is 4.23. The quantitative estimate of drug-likeness (QED) is 0.800. The van der Waals surface area contributed by atoms with Crippen LogP contribution in [0.1, 0.15) is 44.7 Å². The lowest BCUT2D eigenvalue weighted by Crippen LogP contribution is -2.45. The minimum atomic E-state index is -0.232. The predicted molar refractivity (Wildman–Crippen MR) is 74.4 cm³/mol. The van der Waals surface area contributed by atoms with Crippen LogP contribution in [0.2, 0.25) is 5.02 Å². The highest BCUT2D eigenvalue weighted by atomic mass is 35.5. The Morgan fingerprint density at radius 3 is 2.44 bits per heavy atom. The summed E-state index contributed by atoms with van der Waals surface area (Å²) in [6, 6.07) is 10.8. The number of piperidine rings is 1. The van der Waals surface area contributed by atoms with Crippen LogP contribution in [0.15, 0.2) is 24.3 Å². The molecule has 3 unspecified atom stereocenters. The molecule has 0 saturated carbocycles. The van der Waals surface area contributed by atoms with Gasteiger partial charge in [0.25, 0.3) is 0 Å². The second-order valence-electron chi connectivity index (χ2n) is 5.13. The molecule has 96 valence electrons. The normalized spacial score (nSPS) is 26.6. The molecular formula is C15H19ClN2. The van der Waals surface area contributed by atoms with Gasteiger partial charge in [0.15, 0.2) is 0 Å². The van der Waals surface area contributed by atoms with Crippen LogP contribution in [0, 0.1) is 11.3 Å². The fourth-order valence-corrected chi connectivity index (χ4v) is 3.18. The van der Waals surface area contributed by atoms with Gasteiger partial charge < -0.3 is 0 Å². The highest BCUT2D eigenvalue weighted by Crippen LogP contribution is 2.34. The summed E-state index contributed by atoms with van der Waals surface area (Å²) >= 11 is 6.23. The largest absolute Gasteiger partial charge is 0.279 e. The fraction of sp³-hybridized carbons (Fsp3) is 0.533. The molecule has 1 heterocycles. The topological polar surface area (TPSA) is 27.0 Å². The first-order valence-corrected chi connectivity index (χ1v) is 6.94. The van der Waals surface area contributed by atoms with Crippen molar-refractivity contribution in [3.63, 3.8) is 0 Å². The molecule has 1 aromatic rings. The molecule has 2 nitrogen and oxygen atoms in total. The number of likely N-dealkylation sites (tertiary alicyclic amines) is 1. The Kier molecular flexibility index (Phi) is 4.27. The van der Waals surface area contributed by atoms with Crippen LogP contribution < -0.4 is 0 Å². The zero-order valence-corrected chi connectivity index (χ0v) is 11.7. The fourth-order valence-electron chi connectivity index (χ4n) is 2.94. The summed E-state index contributed by atoms with van der Waals surface area (Å²) in [4.78, 5) is 2.31. The number of nitrogens with zero attached hydrogens (tertiary/aromatic N) is 2. The molecule has 3 heteroatoms. The van der Waals surface area contributed by atoms with Crippen molar-refractivity contribution in [1.29, 1.82) is 5.26 Å². The number of hydrogen-bond acceptors (Lipinski definition) is 2. The number of benzene rings is 1. The zero-order valence-electron chi connectivity index (χ0n) is 10.9. The van der Waals surface area contributed by atoms with Gasteiger partial charge in [-0.25, -0.2) is 0 Å². The van der Waals surface area contributed by atoms with Crippen LogP contribution in [0.25, 0.3) is 0 Å². The Hall–Kier alpha value is -1.04. The molecule has 3 atom stereocenters. The van der Waals surface area contributed by atoms with Crippen molar-refractivity contribution >= 4 is 11.6 Å². The number of halogens is 1. The van der Waals surface area contributed by atoms with E-state index < -0.39 is 0 Å². The molecule has 0 bridgehead atoms. The van der Waals surface area contributed by atoms with E-state index in [1.54, 1.807) is 0 Å². The van der Waals surface area contributed by atoms with Gasteiger partial charge in [-0.3, -0.25) is 4.90 Å². The summed E-state index contributed by atoms with van der Waals surface area (Å²) in [5.74, 6) is 0. The maximum absolute atomic E-state index is 9.54. The maximum atomic E-state index is 9.54. The van der Waals surface area contributed by atoms with Crippen molar-refractivity contribution in [2.24, 2.45) is 0 Å². The van der Waals surface area contributed by atoms with Gasteiger partial charge in [0.05, 0.1) is 6.07 Å². The molecule has 0 aromatic heterocycles. The third kappa shape index (κ3) is 2.53. The van der Waals surface area contributed by atoms with Gasteiger partial charge in [-0.05, 0) is 32.8 Å². The third-order valence-electron chi connectivity index (χ3n) is 3.88. The van der Waals surface area contributed by atoms with E-state index in [1.807, 2.05) is 24.3 Å². The van der Waals surface area contributed by atoms with E-state index in [2.05, 4.69) is 24.8 Å². The maximum Gasteiger partial charge on any atom is 0.125 e. The first kappa shape index (κ1) is 13.4. The SMILES string of the molecule is CC1CCCC(C)N1C(C#N)c1ccccc1Cl. The van der Waals surface area contributed by atoms with E-state index in [0.717, 1.165) is 18.4 Å². The Morgan fingerprint density at radius 1 is 1.28 bits per heavy atom. The van der Waals surface area contributed by atoms with E-state index in [4.69, 9.17) is 11.6 Å². The van der Waals surface area contributed by atoms with Crippen LogP contribution in [-0.4, -0.2) is 17.0 Å². The van der Waals surface area contributed by atoms with Crippen molar-refractivity contribution in [3.8, 4) is 6.07 Å². The molecule has 0 aliphatic carbocycles. The lowest BCUT2D eigenvalue weighted by atomic mass is 9.93. The Balaban J connectivity index is 2.34. The second kappa shape index (κ2) is 5.73. The van der Waals surface area contributed by atoms with Crippen molar-refractivity contribution < 1.29 is 0 Å². The summed E-state index contributed by atoms with van der Waals surface area (Å²) in [6.07, 6.45) is 3.57.